The number of carbonyl (C=O) groups excluding carboxylic acids is 1. The summed E-state index contributed by atoms with van der Waals surface area (Å²) in [5.41, 5.74) is 4.89. The Morgan fingerprint density at radius 3 is 2.30 bits per heavy atom. The van der Waals surface area contributed by atoms with Crippen molar-refractivity contribution in [2.24, 2.45) is 4.99 Å². The second-order valence-electron chi connectivity index (χ2n) is 10.1. The topological polar surface area (TPSA) is 112 Å². The SMILES string of the molecule is CCCNc1cccc2c1[nH]c1cc(=NC(=O)c3cccc(CC)c3)cccc12.O=S(=O)(O)c1cccc2ccccc12. The molecule has 7 nitrogen and oxygen atoms in total. The van der Waals surface area contributed by atoms with Gasteiger partial charge in [-0.15, -0.1) is 0 Å². The normalized spacial score (nSPS) is 11.8. The van der Waals surface area contributed by atoms with E-state index in [1.807, 2.05) is 48.5 Å². The molecule has 8 heteroatoms. The zero-order chi connectivity index (χ0) is 30.4. The van der Waals surface area contributed by atoms with Crippen LogP contribution in [-0.4, -0.2) is 30.4 Å². The summed E-state index contributed by atoms with van der Waals surface area (Å²) in [4.78, 5) is 20.5. The maximum atomic E-state index is 12.7. The number of anilines is 1. The van der Waals surface area contributed by atoms with Gasteiger partial charge in [0, 0.05) is 33.8 Å². The van der Waals surface area contributed by atoms with E-state index in [0.29, 0.717) is 16.3 Å². The van der Waals surface area contributed by atoms with Gasteiger partial charge in [0.25, 0.3) is 16.0 Å². The van der Waals surface area contributed by atoms with E-state index in [2.05, 4.69) is 53.4 Å². The molecule has 218 valence electrons. The maximum absolute atomic E-state index is 12.7. The van der Waals surface area contributed by atoms with Crippen LogP contribution >= 0.6 is 0 Å². The third-order valence-corrected chi connectivity index (χ3v) is 8.04. The lowest BCUT2D eigenvalue weighted by atomic mass is 10.1. The number of fused-ring (bicyclic) bond motifs is 4. The van der Waals surface area contributed by atoms with E-state index in [4.69, 9.17) is 4.55 Å². The van der Waals surface area contributed by atoms with Gasteiger partial charge >= 0.3 is 0 Å². The molecule has 0 spiro atoms. The molecule has 0 radical (unpaired) electrons. The molecule has 0 unspecified atom stereocenters. The van der Waals surface area contributed by atoms with Gasteiger partial charge in [0.15, 0.2) is 0 Å². The van der Waals surface area contributed by atoms with Crippen molar-refractivity contribution in [1.29, 1.82) is 0 Å². The average molecular weight is 592 g/mol. The molecule has 0 aliphatic rings. The first-order valence-corrected chi connectivity index (χ1v) is 15.6. The second-order valence-corrected chi connectivity index (χ2v) is 11.5. The predicted molar refractivity (Wildman–Crippen MR) is 174 cm³/mol. The molecule has 5 aromatic carbocycles. The number of aromatic nitrogens is 1. The maximum Gasteiger partial charge on any atom is 0.295 e. The smallest absolute Gasteiger partial charge is 0.295 e. The molecule has 0 bridgehead atoms. The van der Waals surface area contributed by atoms with Gasteiger partial charge in [-0.05, 0) is 60.2 Å². The van der Waals surface area contributed by atoms with E-state index in [0.717, 1.165) is 57.8 Å². The lowest BCUT2D eigenvalue weighted by Gasteiger charge is -2.05. The van der Waals surface area contributed by atoms with Gasteiger partial charge in [-0.1, -0.05) is 86.6 Å². The molecule has 43 heavy (non-hydrogen) atoms. The van der Waals surface area contributed by atoms with Crippen molar-refractivity contribution < 1.29 is 17.8 Å². The minimum absolute atomic E-state index is 0.0457. The van der Waals surface area contributed by atoms with Gasteiger partial charge in [-0.3, -0.25) is 9.35 Å². The van der Waals surface area contributed by atoms with Gasteiger partial charge in [-0.25, -0.2) is 4.99 Å². The van der Waals surface area contributed by atoms with Crippen LogP contribution in [0.3, 0.4) is 0 Å². The predicted octanol–water partition coefficient (Wildman–Crippen LogP) is 7.53. The summed E-state index contributed by atoms with van der Waals surface area (Å²) >= 11 is 0. The molecule has 1 aromatic heterocycles. The number of nitrogens with one attached hydrogen (secondary N) is 2. The Hall–Kier alpha value is -4.79. The van der Waals surface area contributed by atoms with Crippen LogP contribution in [-0.2, 0) is 16.5 Å². The molecule has 0 fully saturated rings. The van der Waals surface area contributed by atoms with Crippen molar-refractivity contribution in [3.05, 3.63) is 126 Å². The summed E-state index contributed by atoms with van der Waals surface area (Å²) in [6, 6.07) is 33.6. The highest BCUT2D eigenvalue weighted by Gasteiger charge is 2.12. The van der Waals surface area contributed by atoms with Crippen LogP contribution < -0.4 is 10.7 Å². The Kier molecular flexibility index (Phi) is 8.99. The summed E-state index contributed by atoms with van der Waals surface area (Å²) in [5.74, 6) is -0.221. The van der Waals surface area contributed by atoms with Gasteiger partial charge in [0.05, 0.1) is 16.6 Å². The highest BCUT2D eigenvalue weighted by Crippen LogP contribution is 2.29. The number of H-pyrrole nitrogens is 1. The standard InChI is InChI=1S/C25H25N3O.C10H8O3S/c1-3-14-26-22-13-7-12-21-20-11-6-10-19(16-23(20)28-24(21)22)27-25(29)18-9-5-8-17(4-2)15-18;11-14(12,13)10-7-3-5-8-4-1-2-6-9(8)10/h5-13,15-16,26,28H,3-4,14H2,1-2H3;1-7H,(H,11,12,13). The Balaban J connectivity index is 0.000000220. The Labute approximate surface area is 250 Å². The fourth-order valence-corrected chi connectivity index (χ4v) is 5.71. The quantitative estimate of drug-likeness (QED) is 0.173. The summed E-state index contributed by atoms with van der Waals surface area (Å²) in [5, 5.41) is 7.72. The zero-order valence-electron chi connectivity index (χ0n) is 24.0. The van der Waals surface area contributed by atoms with E-state index >= 15 is 0 Å². The zero-order valence-corrected chi connectivity index (χ0v) is 24.9. The third-order valence-electron chi connectivity index (χ3n) is 7.13. The largest absolute Gasteiger partial charge is 0.383 e. The minimum atomic E-state index is -4.13. The van der Waals surface area contributed by atoms with Crippen molar-refractivity contribution in [2.45, 2.75) is 31.6 Å². The van der Waals surface area contributed by atoms with E-state index in [-0.39, 0.29) is 10.8 Å². The number of amides is 1. The number of carbonyl (C=O) groups is 1. The number of para-hydroxylation sites is 1. The van der Waals surface area contributed by atoms with Crippen molar-refractivity contribution in [2.75, 3.05) is 11.9 Å². The second kappa shape index (κ2) is 13.0. The molecule has 6 aromatic rings. The van der Waals surface area contributed by atoms with Crippen LogP contribution in [0.2, 0.25) is 0 Å². The van der Waals surface area contributed by atoms with Gasteiger partial charge in [0.1, 0.15) is 4.90 Å². The number of hydrogen-bond acceptors (Lipinski definition) is 4. The monoisotopic (exact) mass is 591 g/mol. The number of rotatable bonds is 6. The number of hydrogen-bond donors (Lipinski definition) is 3. The molecule has 0 aliphatic heterocycles. The molecular weight excluding hydrogens is 558 g/mol. The van der Waals surface area contributed by atoms with Crippen molar-refractivity contribution >= 4 is 54.3 Å². The number of aryl methyl sites for hydroxylation is 1. The molecule has 0 atom stereocenters. The van der Waals surface area contributed by atoms with Crippen LogP contribution in [0.15, 0.2) is 119 Å². The van der Waals surface area contributed by atoms with E-state index in [1.54, 1.807) is 30.3 Å². The average Bonchev–Trinajstić information content (AvgIpc) is 3.24. The van der Waals surface area contributed by atoms with Gasteiger partial charge in [-0.2, -0.15) is 8.42 Å². The molecular formula is C35H33N3O4S. The molecule has 1 heterocycles. The third kappa shape index (κ3) is 6.83. The highest BCUT2D eigenvalue weighted by atomic mass is 32.2. The molecule has 1 amide bonds. The van der Waals surface area contributed by atoms with Crippen LogP contribution in [0.25, 0.3) is 32.6 Å². The van der Waals surface area contributed by atoms with E-state index < -0.39 is 10.1 Å². The van der Waals surface area contributed by atoms with E-state index in [1.165, 1.54) is 6.07 Å². The lowest BCUT2D eigenvalue weighted by Crippen LogP contribution is -2.05. The number of aromatic amines is 1. The molecule has 0 saturated carbocycles. The minimum Gasteiger partial charge on any atom is -0.383 e. The van der Waals surface area contributed by atoms with Crippen molar-refractivity contribution in [3.63, 3.8) is 0 Å². The first-order valence-electron chi connectivity index (χ1n) is 14.2. The fourth-order valence-electron chi connectivity index (χ4n) is 4.99. The molecule has 0 aliphatic carbocycles. The molecule has 6 rings (SSSR count). The summed E-state index contributed by atoms with van der Waals surface area (Å²) in [6.07, 6.45) is 1.96. The summed E-state index contributed by atoms with van der Waals surface area (Å²) in [6.45, 7) is 5.15. The van der Waals surface area contributed by atoms with Gasteiger partial charge < -0.3 is 10.3 Å². The van der Waals surface area contributed by atoms with Crippen LogP contribution in [0.5, 0.6) is 0 Å². The first kappa shape index (κ1) is 29.7. The first-order chi connectivity index (χ1) is 20.8. The lowest BCUT2D eigenvalue weighted by molar-refractivity contribution is 0.0998. The Morgan fingerprint density at radius 2 is 1.51 bits per heavy atom. The summed E-state index contributed by atoms with van der Waals surface area (Å²) < 4.78 is 31.0. The number of nitrogens with zero attached hydrogens (tertiary/aromatic N) is 1. The fraction of sp³-hybridized carbons (Fsp3) is 0.143. The van der Waals surface area contributed by atoms with Crippen LogP contribution in [0, 0.1) is 0 Å². The van der Waals surface area contributed by atoms with E-state index in [9.17, 15) is 13.2 Å². The van der Waals surface area contributed by atoms with Crippen LogP contribution in [0.4, 0.5) is 5.69 Å². The Bertz CT molecular complexity index is 2110. The van der Waals surface area contributed by atoms with Crippen molar-refractivity contribution in [3.8, 4) is 0 Å². The van der Waals surface area contributed by atoms with Gasteiger partial charge in [0.2, 0.25) is 0 Å². The Morgan fingerprint density at radius 1 is 0.814 bits per heavy atom. The highest BCUT2D eigenvalue weighted by molar-refractivity contribution is 7.86. The molecule has 3 N–H and O–H groups in total. The van der Waals surface area contributed by atoms with Crippen LogP contribution in [0.1, 0.15) is 36.2 Å². The number of benzene rings is 4. The summed E-state index contributed by atoms with van der Waals surface area (Å²) in [7, 11) is -4.13. The van der Waals surface area contributed by atoms with Crippen molar-refractivity contribution in [1.82, 2.24) is 4.98 Å². The molecule has 0 saturated heterocycles.